The van der Waals surface area contributed by atoms with Crippen molar-refractivity contribution in [3.05, 3.63) is 35.4 Å². The van der Waals surface area contributed by atoms with E-state index in [0.29, 0.717) is 18.8 Å². The summed E-state index contributed by atoms with van der Waals surface area (Å²) in [5.74, 6) is 0.0330. The fourth-order valence-electron chi connectivity index (χ4n) is 3.00. The molecule has 0 N–H and O–H groups in total. The summed E-state index contributed by atoms with van der Waals surface area (Å²) in [6.45, 7) is 2.12. The topological polar surface area (TPSA) is 17.1 Å². The minimum Gasteiger partial charge on any atom is -0.294 e. The van der Waals surface area contributed by atoms with Crippen molar-refractivity contribution in [2.24, 2.45) is 11.8 Å². The second kappa shape index (κ2) is 5.98. The normalized spacial score (nSPS) is 23.6. The Morgan fingerprint density at radius 3 is 2.30 bits per heavy atom. The average molecular weight is 284 g/mol. The first-order valence-electron chi connectivity index (χ1n) is 7.14. The maximum absolute atomic E-state index is 12.9. The van der Waals surface area contributed by atoms with Crippen LogP contribution in [0.15, 0.2) is 24.3 Å². The standard InChI is InChI=1S/C16H19F3O/c1-2-11-7-9-12(10-8-11)15(20)13-5-3-4-6-14(13)16(17,18)19/h3-6,11-12H,2,7-10H2,1H3. The summed E-state index contributed by atoms with van der Waals surface area (Å²) in [6, 6.07) is 5.12. The highest BCUT2D eigenvalue weighted by molar-refractivity contribution is 5.99. The number of Topliss-reactive ketones (excluding diaryl/α,β-unsaturated/α-hetero) is 1. The minimum atomic E-state index is -4.47. The molecule has 1 saturated carbocycles. The summed E-state index contributed by atoms with van der Waals surface area (Å²) in [5, 5.41) is 0. The zero-order chi connectivity index (χ0) is 14.8. The van der Waals surface area contributed by atoms with Crippen LogP contribution < -0.4 is 0 Å². The molecule has 1 fully saturated rings. The highest BCUT2D eigenvalue weighted by atomic mass is 19.4. The fourth-order valence-corrected chi connectivity index (χ4v) is 3.00. The molecule has 110 valence electrons. The Hall–Kier alpha value is -1.32. The highest BCUT2D eigenvalue weighted by Gasteiger charge is 2.36. The summed E-state index contributed by atoms with van der Waals surface area (Å²) in [6.07, 6.45) is -0.0673. The van der Waals surface area contributed by atoms with Gasteiger partial charge in [-0.15, -0.1) is 0 Å². The number of benzene rings is 1. The van der Waals surface area contributed by atoms with Gasteiger partial charge in [0.1, 0.15) is 0 Å². The molecular formula is C16H19F3O. The number of hydrogen-bond acceptors (Lipinski definition) is 1. The molecule has 1 aliphatic carbocycles. The predicted molar refractivity (Wildman–Crippen MR) is 71.5 cm³/mol. The molecule has 0 aliphatic heterocycles. The van der Waals surface area contributed by atoms with E-state index < -0.39 is 11.7 Å². The van der Waals surface area contributed by atoms with E-state index in [0.717, 1.165) is 25.3 Å². The van der Waals surface area contributed by atoms with E-state index in [4.69, 9.17) is 0 Å². The highest BCUT2D eigenvalue weighted by Crippen LogP contribution is 2.36. The van der Waals surface area contributed by atoms with Gasteiger partial charge in [-0.2, -0.15) is 13.2 Å². The molecule has 20 heavy (non-hydrogen) atoms. The lowest BCUT2D eigenvalue weighted by molar-refractivity contribution is -0.137. The van der Waals surface area contributed by atoms with Crippen molar-refractivity contribution >= 4 is 5.78 Å². The summed E-state index contributed by atoms with van der Waals surface area (Å²) >= 11 is 0. The molecule has 0 unspecified atom stereocenters. The third-order valence-corrected chi connectivity index (χ3v) is 4.29. The molecule has 4 heteroatoms. The molecular weight excluding hydrogens is 265 g/mol. The predicted octanol–water partition coefficient (Wildman–Crippen LogP) is 5.10. The van der Waals surface area contributed by atoms with Gasteiger partial charge in [-0.1, -0.05) is 31.5 Å². The quantitative estimate of drug-likeness (QED) is 0.705. The Morgan fingerprint density at radius 1 is 1.15 bits per heavy atom. The van der Waals surface area contributed by atoms with E-state index in [1.165, 1.54) is 18.2 Å². The summed E-state index contributed by atoms with van der Waals surface area (Å²) < 4.78 is 38.8. The fraction of sp³-hybridized carbons (Fsp3) is 0.562. The number of hydrogen-bond donors (Lipinski definition) is 0. The van der Waals surface area contributed by atoms with Crippen LogP contribution in [0.1, 0.15) is 54.9 Å². The van der Waals surface area contributed by atoms with Gasteiger partial charge in [0, 0.05) is 11.5 Å². The molecule has 1 aromatic rings. The van der Waals surface area contributed by atoms with Crippen LogP contribution in [0.25, 0.3) is 0 Å². The third-order valence-electron chi connectivity index (χ3n) is 4.29. The van der Waals surface area contributed by atoms with E-state index in [1.54, 1.807) is 0 Å². The van der Waals surface area contributed by atoms with E-state index in [9.17, 15) is 18.0 Å². The first kappa shape index (κ1) is 15.1. The van der Waals surface area contributed by atoms with Crippen molar-refractivity contribution in [3.8, 4) is 0 Å². The Kier molecular flexibility index (Phi) is 4.51. The lowest BCUT2D eigenvalue weighted by Crippen LogP contribution is -2.24. The van der Waals surface area contributed by atoms with Gasteiger partial charge in [-0.3, -0.25) is 4.79 Å². The summed E-state index contributed by atoms with van der Waals surface area (Å²) in [5.41, 5.74) is -0.970. The zero-order valence-corrected chi connectivity index (χ0v) is 11.5. The molecule has 0 heterocycles. The Labute approximate surface area is 117 Å². The smallest absolute Gasteiger partial charge is 0.294 e. The van der Waals surface area contributed by atoms with Gasteiger partial charge in [0.2, 0.25) is 0 Å². The van der Waals surface area contributed by atoms with Gasteiger partial charge in [0.05, 0.1) is 5.56 Å². The molecule has 2 rings (SSSR count). The molecule has 1 aromatic carbocycles. The summed E-state index contributed by atoms with van der Waals surface area (Å²) in [4.78, 5) is 12.4. The zero-order valence-electron chi connectivity index (χ0n) is 11.5. The first-order valence-corrected chi connectivity index (χ1v) is 7.14. The maximum atomic E-state index is 12.9. The molecule has 1 nitrogen and oxygen atoms in total. The van der Waals surface area contributed by atoms with Crippen molar-refractivity contribution in [2.75, 3.05) is 0 Å². The van der Waals surface area contributed by atoms with Crippen LogP contribution in [-0.4, -0.2) is 5.78 Å². The molecule has 1 aliphatic rings. The largest absolute Gasteiger partial charge is 0.417 e. The lowest BCUT2D eigenvalue weighted by atomic mass is 9.77. The number of alkyl halides is 3. The van der Waals surface area contributed by atoms with Crippen LogP contribution in [0.3, 0.4) is 0 Å². The van der Waals surface area contributed by atoms with Gasteiger partial charge in [-0.05, 0) is 37.7 Å². The SMILES string of the molecule is CCC1CCC(C(=O)c2ccccc2C(F)(F)F)CC1. The number of halogens is 3. The van der Waals surface area contributed by atoms with Crippen molar-refractivity contribution in [2.45, 2.75) is 45.2 Å². The number of carbonyl (C=O) groups excluding carboxylic acids is 1. The van der Waals surface area contributed by atoms with E-state index in [1.807, 2.05) is 0 Å². The van der Waals surface area contributed by atoms with Crippen molar-refractivity contribution in [1.82, 2.24) is 0 Å². The molecule has 0 amide bonds. The van der Waals surface area contributed by atoms with Crippen molar-refractivity contribution < 1.29 is 18.0 Å². The van der Waals surface area contributed by atoms with E-state index >= 15 is 0 Å². The van der Waals surface area contributed by atoms with Gasteiger partial charge >= 0.3 is 6.18 Å². The van der Waals surface area contributed by atoms with Gasteiger partial charge < -0.3 is 0 Å². The molecule has 0 saturated heterocycles. The van der Waals surface area contributed by atoms with Crippen molar-refractivity contribution in [1.29, 1.82) is 0 Å². The second-order valence-corrected chi connectivity index (χ2v) is 5.53. The maximum Gasteiger partial charge on any atom is 0.417 e. The Balaban J connectivity index is 2.18. The van der Waals surface area contributed by atoms with Crippen LogP contribution in [0.2, 0.25) is 0 Å². The number of ketones is 1. The van der Waals surface area contributed by atoms with Crippen LogP contribution in [-0.2, 0) is 6.18 Å². The first-order chi connectivity index (χ1) is 9.43. The van der Waals surface area contributed by atoms with Gasteiger partial charge in [-0.25, -0.2) is 0 Å². The Bertz CT molecular complexity index is 471. The number of carbonyl (C=O) groups is 1. The Morgan fingerprint density at radius 2 is 1.75 bits per heavy atom. The van der Waals surface area contributed by atoms with Crippen LogP contribution in [0.4, 0.5) is 13.2 Å². The molecule has 0 radical (unpaired) electrons. The molecule has 0 atom stereocenters. The monoisotopic (exact) mass is 284 g/mol. The third kappa shape index (κ3) is 3.22. The van der Waals surface area contributed by atoms with E-state index in [2.05, 4.69) is 6.92 Å². The van der Waals surface area contributed by atoms with Gasteiger partial charge in [0.25, 0.3) is 0 Å². The molecule has 0 aromatic heterocycles. The summed E-state index contributed by atoms with van der Waals surface area (Å²) in [7, 11) is 0. The molecule has 0 bridgehead atoms. The lowest BCUT2D eigenvalue weighted by Gasteiger charge is -2.27. The second-order valence-electron chi connectivity index (χ2n) is 5.53. The van der Waals surface area contributed by atoms with Gasteiger partial charge in [0.15, 0.2) is 5.78 Å². The van der Waals surface area contributed by atoms with E-state index in [-0.39, 0.29) is 17.3 Å². The number of rotatable bonds is 3. The van der Waals surface area contributed by atoms with Crippen LogP contribution in [0.5, 0.6) is 0 Å². The van der Waals surface area contributed by atoms with Crippen LogP contribution in [0, 0.1) is 11.8 Å². The molecule has 0 spiro atoms. The van der Waals surface area contributed by atoms with Crippen molar-refractivity contribution in [3.63, 3.8) is 0 Å². The van der Waals surface area contributed by atoms with Crippen LogP contribution >= 0.6 is 0 Å². The minimum absolute atomic E-state index is 0.167. The average Bonchev–Trinajstić information content (AvgIpc) is 2.46.